The lowest BCUT2D eigenvalue weighted by Gasteiger charge is -2.36. The molecule has 1 saturated heterocycles. The Morgan fingerprint density at radius 1 is 1.25 bits per heavy atom. The summed E-state index contributed by atoms with van der Waals surface area (Å²) in [5, 5.41) is 0. The van der Waals surface area contributed by atoms with E-state index in [9.17, 15) is 0 Å². The molecule has 0 N–H and O–H groups in total. The van der Waals surface area contributed by atoms with E-state index in [0.29, 0.717) is 0 Å². The molecular formula is C15H26N4S. The molecule has 0 radical (unpaired) electrons. The fourth-order valence-electron chi connectivity index (χ4n) is 2.61. The fraction of sp³-hybridized carbons (Fsp3) is 0.733. The zero-order chi connectivity index (χ0) is 14.4. The fourth-order valence-corrected chi connectivity index (χ4v) is 3.05. The Hall–Kier alpha value is -0.810. The maximum absolute atomic E-state index is 4.69. The van der Waals surface area contributed by atoms with Crippen LogP contribution >= 0.6 is 11.8 Å². The highest BCUT2D eigenvalue weighted by Crippen LogP contribution is 2.20. The van der Waals surface area contributed by atoms with Crippen LogP contribution in [-0.4, -0.2) is 59.6 Å². The molecule has 4 nitrogen and oxygen atoms in total. The van der Waals surface area contributed by atoms with E-state index >= 15 is 0 Å². The lowest BCUT2D eigenvalue weighted by molar-refractivity contribution is 0.272. The second-order valence-electron chi connectivity index (χ2n) is 5.34. The van der Waals surface area contributed by atoms with Gasteiger partial charge in [-0.25, -0.2) is 9.97 Å². The van der Waals surface area contributed by atoms with Crippen LogP contribution in [0.1, 0.15) is 24.7 Å². The molecule has 0 bridgehead atoms. The van der Waals surface area contributed by atoms with Gasteiger partial charge in [-0.1, -0.05) is 13.3 Å². The summed E-state index contributed by atoms with van der Waals surface area (Å²) in [7, 11) is 0. The number of hydrogen-bond acceptors (Lipinski definition) is 5. The van der Waals surface area contributed by atoms with Crippen molar-refractivity contribution in [1.29, 1.82) is 0 Å². The predicted octanol–water partition coefficient (Wildman–Crippen LogP) is 2.22. The second kappa shape index (κ2) is 7.84. The normalized spacial score (nSPS) is 16.6. The van der Waals surface area contributed by atoms with Gasteiger partial charge in [-0.2, -0.15) is 11.8 Å². The minimum Gasteiger partial charge on any atom is -0.354 e. The Morgan fingerprint density at radius 2 is 2.00 bits per heavy atom. The van der Waals surface area contributed by atoms with E-state index in [-0.39, 0.29) is 0 Å². The van der Waals surface area contributed by atoms with Crippen LogP contribution < -0.4 is 4.90 Å². The molecule has 1 aromatic heterocycles. The van der Waals surface area contributed by atoms with Crippen molar-refractivity contribution in [2.24, 2.45) is 0 Å². The van der Waals surface area contributed by atoms with E-state index < -0.39 is 0 Å². The molecule has 2 rings (SSSR count). The van der Waals surface area contributed by atoms with Gasteiger partial charge in [0.2, 0.25) is 0 Å². The Balaban J connectivity index is 2.00. The van der Waals surface area contributed by atoms with E-state index in [2.05, 4.69) is 28.0 Å². The molecule has 0 aliphatic carbocycles. The maximum atomic E-state index is 4.69. The average molecular weight is 294 g/mol. The maximum Gasteiger partial charge on any atom is 0.135 e. The van der Waals surface area contributed by atoms with E-state index in [0.717, 1.165) is 44.8 Å². The minimum atomic E-state index is 0.879. The van der Waals surface area contributed by atoms with Gasteiger partial charge in [-0.05, 0) is 19.6 Å². The van der Waals surface area contributed by atoms with Gasteiger partial charge < -0.3 is 4.90 Å². The van der Waals surface area contributed by atoms with Crippen LogP contribution in [0.4, 0.5) is 5.82 Å². The Bertz CT molecular complexity index is 416. The number of rotatable bonds is 6. The van der Waals surface area contributed by atoms with Crippen molar-refractivity contribution < 1.29 is 0 Å². The summed E-state index contributed by atoms with van der Waals surface area (Å²) < 4.78 is 0. The van der Waals surface area contributed by atoms with Gasteiger partial charge in [-0.3, -0.25) is 4.90 Å². The molecule has 0 atom stereocenters. The molecule has 1 aliphatic rings. The van der Waals surface area contributed by atoms with E-state index in [4.69, 9.17) is 4.98 Å². The van der Waals surface area contributed by atoms with Crippen molar-refractivity contribution in [3.8, 4) is 0 Å². The lowest BCUT2D eigenvalue weighted by atomic mass is 10.1. The summed E-state index contributed by atoms with van der Waals surface area (Å²) >= 11 is 1.93. The van der Waals surface area contributed by atoms with Gasteiger partial charge in [0.15, 0.2) is 0 Å². The monoisotopic (exact) mass is 294 g/mol. The first-order chi connectivity index (χ1) is 9.74. The van der Waals surface area contributed by atoms with Crippen LogP contribution in [-0.2, 0) is 6.42 Å². The molecule has 0 unspecified atom stereocenters. The molecule has 1 aliphatic heterocycles. The first-order valence-electron chi connectivity index (χ1n) is 7.53. The van der Waals surface area contributed by atoms with Crippen LogP contribution in [0.25, 0.3) is 0 Å². The van der Waals surface area contributed by atoms with Gasteiger partial charge in [0.25, 0.3) is 0 Å². The van der Waals surface area contributed by atoms with E-state index in [1.807, 2.05) is 24.9 Å². The highest BCUT2D eigenvalue weighted by Gasteiger charge is 2.20. The second-order valence-corrected chi connectivity index (χ2v) is 6.32. The topological polar surface area (TPSA) is 32.3 Å². The summed E-state index contributed by atoms with van der Waals surface area (Å²) in [6, 6.07) is 0. The quantitative estimate of drug-likeness (QED) is 0.803. The molecule has 0 saturated carbocycles. The summed E-state index contributed by atoms with van der Waals surface area (Å²) in [5.41, 5.74) is 1.30. The molecule has 20 heavy (non-hydrogen) atoms. The van der Waals surface area contributed by atoms with Crippen LogP contribution in [0, 0.1) is 6.92 Å². The number of hydrogen-bond donors (Lipinski definition) is 0. The van der Waals surface area contributed by atoms with Crippen molar-refractivity contribution in [2.75, 3.05) is 49.6 Å². The molecule has 1 fully saturated rings. The van der Waals surface area contributed by atoms with Gasteiger partial charge in [0, 0.05) is 50.2 Å². The number of aromatic nitrogens is 2. The third-order valence-corrected chi connectivity index (χ3v) is 4.36. The van der Waals surface area contributed by atoms with Crippen molar-refractivity contribution in [3.63, 3.8) is 0 Å². The first kappa shape index (κ1) is 15.6. The molecule has 0 spiro atoms. The van der Waals surface area contributed by atoms with E-state index in [1.54, 1.807) is 0 Å². The first-order valence-corrected chi connectivity index (χ1v) is 8.92. The average Bonchev–Trinajstić information content (AvgIpc) is 2.48. The number of thioether (sulfide) groups is 1. The standard InChI is InChI=1S/C15H26N4S/c1-4-5-14-12-16-13(2)17-15(14)19-8-6-18(7-9-19)10-11-20-3/h12H,4-11H2,1-3H3. The summed E-state index contributed by atoms with van der Waals surface area (Å²) in [6.07, 6.45) is 6.41. The number of nitrogens with zero attached hydrogens (tertiary/aromatic N) is 4. The third kappa shape index (κ3) is 4.09. The van der Waals surface area contributed by atoms with Crippen molar-refractivity contribution in [3.05, 3.63) is 17.6 Å². The van der Waals surface area contributed by atoms with Gasteiger partial charge in [-0.15, -0.1) is 0 Å². The molecular weight excluding hydrogens is 268 g/mol. The lowest BCUT2D eigenvalue weighted by Crippen LogP contribution is -2.47. The highest BCUT2D eigenvalue weighted by molar-refractivity contribution is 7.98. The summed E-state index contributed by atoms with van der Waals surface area (Å²) in [4.78, 5) is 14.0. The zero-order valence-corrected chi connectivity index (χ0v) is 13.7. The molecule has 1 aromatic rings. The largest absolute Gasteiger partial charge is 0.354 e. The predicted molar refractivity (Wildman–Crippen MR) is 87.8 cm³/mol. The number of aryl methyl sites for hydroxylation is 2. The van der Waals surface area contributed by atoms with Gasteiger partial charge >= 0.3 is 0 Å². The van der Waals surface area contributed by atoms with Crippen molar-refractivity contribution in [1.82, 2.24) is 14.9 Å². The van der Waals surface area contributed by atoms with Crippen molar-refractivity contribution in [2.45, 2.75) is 26.7 Å². The zero-order valence-electron chi connectivity index (χ0n) is 12.9. The van der Waals surface area contributed by atoms with Gasteiger partial charge in [0.1, 0.15) is 11.6 Å². The van der Waals surface area contributed by atoms with Gasteiger partial charge in [0.05, 0.1) is 0 Å². The van der Waals surface area contributed by atoms with Crippen molar-refractivity contribution >= 4 is 17.6 Å². The van der Waals surface area contributed by atoms with Crippen LogP contribution in [0.3, 0.4) is 0 Å². The van der Waals surface area contributed by atoms with Crippen LogP contribution in [0.2, 0.25) is 0 Å². The minimum absolute atomic E-state index is 0.879. The summed E-state index contributed by atoms with van der Waals surface area (Å²) in [6.45, 7) is 9.87. The van der Waals surface area contributed by atoms with Crippen LogP contribution in [0.15, 0.2) is 6.20 Å². The molecule has 112 valence electrons. The van der Waals surface area contributed by atoms with E-state index in [1.165, 1.54) is 23.7 Å². The SMILES string of the molecule is CCCc1cnc(C)nc1N1CCN(CCSC)CC1. The summed E-state index contributed by atoms with van der Waals surface area (Å²) in [5.74, 6) is 3.28. The highest BCUT2D eigenvalue weighted by atomic mass is 32.2. The Morgan fingerprint density at radius 3 is 2.65 bits per heavy atom. The number of piperazine rings is 1. The number of anilines is 1. The third-order valence-electron chi connectivity index (χ3n) is 3.76. The molecule has 2 heterocycles. The molecule has 5 heteroatoms. The smallest absolute Gasteiger partial charge is 0.135 e. The molecule has 0 aromatic carbocycles. The molecule has 0 amide bonds. The Labute approximate surface area is 127 Å². The van der Waals surface area contributed by atoms with Crippen LogP contribution in [0.5, 0.6) is 0 Å². The Kier molecular flexibility index (Phi) is 6.10.